The fraction of sp³-hybridized carbons (Fsp3) is 0.909. The van der Waals surface area contributed by atoms with Crippen LogP contribution in [0.1, 0.15) is 33.6 Å². The number of ether oxygens (including phenoxy) is 1. The van der Waals surface area contributed by atoms with Crippen LogP contribution < -0.4 is 0 Å². The largest absolute Gasteiger partial charge is 0.447 e. The summed E-state index contributed by atoms with van der Waals surface area (Å²) in [6.45, 7) is 7.03. The van der Waals surface area contributed by atoms with E-state index in [0.29, 0.717) is 19.1 Å². The van der Waals surface area contributed by atoms with Crippen LogP contribution in [-0.4, -0.2) is 41.4 Å². The SMILES string of the molecule is CCC(CC)CN1C(=O)OCC1(C)CO. The summed E-state index contributed by atoms with van der Waals surface area (Å²) in [7, 11) is 0. The van der Waals surface area contributed by atoms with Crippen molar-refractivity contribution in [1.29, 1.82) is 0 Å². The van der Waals surface area contributed by atoms with E-state index in [4.69, 9.17) is 4.74 Å². The van der Waals surface area contributed by atoms with Crippen LogP contribution in [0.5, 0.6) is 0 Å². The van der Waals surface area contributed by atoms with E-state index in [-0.39, 0.29) is 12.7 Å². The van der Waals surface area contributed by atoms with Crippen molar-refractivity contribution in [2.45, 2.75) is 39.2 Å². The Morgan fingerprint density at radius 2 is 2.13 bits per heavy atom. The lowest BCUT2D eigenvalue weighted by Crippen LogP contribution is -2.49. The van der Waals surface area contributed by atoms with Crippen molar-refractivity contribution >= 4 is 6.09 Å². The Kier molecular flexibility index (Phi) is 3.97. The molecule has 0 aromatic rings. The summed E-state index contributed by atoms with van der Waals surface area (Å²) >= 11 is 0. The van der Waals surface area contributed by atoms with Crippen molar-refractivity contribution in [3.63, 3.8) is 0 Å². The fourth-order valence-electron chi connectivity index (χ4n) is 1.82. The summed E-state index contributed by atoms with van der Waals surface area (Å²) in [4.78, 5) is 13.2. The van der Waals surface area contributed by atoms with Gasteiger partial charge in [0.1, 0.15) is 12.1 Å². The molecule has 4 nitrogen and oxygen atoms in total. The van der Waals surface area contributed by atoms with Crippen molar-refractivity contribution in [2.75, 3.05) is 19.8 Å². The Morgan fingerprint density at radius 1 is 1.53 bits per heavy atom. The predicted octanol–water partition coefficient (Wildman–Crippen LogP) is 1.63. The van der Waals surface area contributed by atoms with Gasteiger partial charge in [-0.1, -0.05) is 26.7 Å². The molecule has 1 saturated heterocycles. The first-order valence-electron chi connectivity index (χ1n) is 5.62. The minimum Gasteiger partial charge on any atom is -0.447 e. The Balaban J connectivity index is 2.68. The smallest absolute Gasteiger partial charge is 0.410 e. The molecule has 1 unspecified atom stereocenters. The van der Waals surface area contributed by atoms with Gasteiger partial charge in [-0.25, -0.2) is 4.79 Å². The second-order valence-corrected chi connectivity index (χ2v) is 4.50. The second kappa shape index (κ2) is 4.84. The van der Waals surface area contributed by atoms with Gasteiger partial charge in [0.05, 0.1) is 6.61 Å². The molecule has 0 saturated carbocycles. The molecule has 0 spiro atoms. The Hall–Kier alpha value is -0.770. The van der Waals surface area contributed by atoms with Crippen molar-refractivity contribution in [3.05, 3.63) is 0 Å². The minimum absolute atomic E-state index is 0.0428. The molecule has 1 aliphatic rings. The summed E-state index contributed by atoms with van der Waals surface area (Å²) in [6, 6.07) is 0. The van der Waals surface area contributed by atoms with Gasteiger partial charge in [0.2, 0.25) is 0 Å². The lowest BCUT2D eigenvalue weighted by atomic mass is 9.98. The van der Waals surface area contributed by atoms with Crippen LogP contribution in [-0.2, 0) is 4.74 Å². The topological polar surface area (TPSA) is 49.8 Å². The molecule has 1 rings (SSSR count). The Morgan fingerprint density at radius 3 is 2.60 bits per heavy atom. The number of carbonyl (C=O) groups is 1. The first kappa shape index (κ1) is 12.3. The van der Waals surface area contributed by atoms with Crippen LogP contribution in [0.3, 0.4) is 0 Å². The number of cyclic esters (lactones) is 1. The number of hydrogen-bond donors (Lipinski definition) is 1. The average molecular weight is 215 g/mol. The van der Waals surface area contributed by atoms with E-state index in [1.807, 2.05) is 6.92 Å². The molecule has 4 heteroatoms. The predicted molar refractivity (Wildman–Crippen MR) is 57.6 cm³/mol. The number of aliphatic hydroxyl groups is 1. The second-order valence-electron chi connectivity index (χ2n) is 4.50. The fourth-order valence-corrected chi connectivity index (χ4v) is 1.82. The quantitative estimate of drug-likeness (QED) is 0.758. The van der Waals surface area contributed by atoms with E-state index >= 15 is 0 Å². The molecule has 15 heavy (non-hydrogen) atoms. The summed E-state index contributed by atoms with van der Waals surface area (Å²) in [5.74, 6) is 0.488. The van der Waals surface area contributed by atoms with Gasteiger partial charge < -0.3 is 9.84 Å². The first-order valence-corrected chi connectivity index (χ1v) is 5.62. The average Bonchev–Trinajstić information content (AvgIpc) is 2.53. The van der Waals surface area contributed by atoms with Gasteiger partial charge in [-0.2, -0.15) is 0 Å². The van der Waals surface area contributed by atoms with Crippen molar-refractivity contribution in [1.82, 2.24) is 4.90 Å². The van der Waals surface area contributed by atoms with Crippen molar-refractivity contribution < 1.29 is 14.6 Å². The highest BCUT2D eigenvalue weighted by Gasteiger charge is 2.43. The van der Waals surface area contributed by atoms with E-state index in [0.717, 1.165) is 12.8 Å². The van der Waals surface area contributed by atoms with E-state index in [1.54, 1.807) is 4.90 Å². The molecular weight excluding hydrogens is 194 g/mol. The number of rotatable bonds is 5. The molecule has 0 aliphatic carbocycles. The number of amides is 1. The summed E-state index contributed by atoms with van der Waals surface area (Å²) in [6.07, 6.45) is 1.79. The molecule has 1 aliphatic heterocycles. The van der Waals surface area contributed by atoms with Crippen LogP contribution in [0.25, 0.3) is 0 Å². The van der Waals surface area contributed by atoms with E-state index in [2.05, 4.69) is 13.8 Å². The van der Waals surface area contributed by atoms with Crippen LogP contribution in [0, 0.1) is 5.92 Å². The monoisotopic (exact) mass is 215 g/mol. The van der Waals surface area contributed by atoms with Gasteiger partial charge in [-0.3, -0.25) is 4.90 Å². The van der Waals surface area contributed by atoms with Crippen molar-refractivity contribution in [3.8, 4) is 0 Å². The van der Waals surface area contributed by atoms with Gasteiger partial charge in [0.25, 0.3) is 0 Å². The molecule has 88 valence electrons. The van der Waals surface area contributed by atoms with Gasteiger partial charge in [-0.05, 0) is 12.8 Å². The van der Waals surface area contributed by atoms with Crippen LogP contribution >= 0.6 is 0 Å². The van der Waals surface area contributed by atoms with Gasteiger partial charge in [0, 0.05) is 6.54 Å². The van der Waals surface area contributed by atoms with Crippen LogP contribution in [0.4, 0.5) is 4.79 Å². The highest BCUT2D eigenvalue weighted by Crippen LogP contribution is 2.26. The zero-order chi connectivity index (χ0) is 11.5. The molecule has 1 amide bonds. The summed E-state index contributed by atoms with van der Waals surface area (Å²) in [5.41, 5.74) is -0.528. The maximum Gasteiger partial charge on any atom is 0.410 e. The van der Waals surface area contributed by atoms with E-state index in [9.17, 15) is 9.90 Å². The Bertz CT molecular complexity index is 228. The molecule has 0 aromatic carbocycles. The third kappa shape index (κ3) is 2.43. The number of nitrogens with zero attached hydrogens (tertiary/aromatic N) is 1. The maximum atomic E-state index is 11.5. The maximum absolute atomic E-state index is 11.5. The molecule has 0 bridgehead atoms. The standard InChI is InChI=1S/C11H21NO3/c1-4-9(5-2)6-12-10(14)15-8-11(12,3)7-13/h9,13H,4-8H2,1-3H3. The molecule has 0 radical (unpaired) electrons. The van der Waals surface area contributed by atoms with Crippen molar-refractivity contribution in [2.24, 2.45) is 5.92 Å². The Labute approximate surface area is 91.2 Å². The zero-order valence-electron chi connectivity index (χ0n) is 9.82. The van der Waals surface area contributed by atoms with Crippen LogP contribution in [0.2, 0.25) is 0 Å². The molecule has 1 atom stereocenters. The highest BCUT2D eigenvalue weighted by atomic mass is 16.6. The third-order valence-electron chi connectivity index (χ3n) is 3.31. The van der Waals surface area contributed by atoms with Gasteiger partial charge in [0.15, 0.2) is 0 Å². The molecule has 1 N–H and O–H groups in total. The first-order chi connectivity index (χ1) is 7.07. The number of aliphatic hydroxyl groups excluding tert-OH is 1. The normalized spacial score (nSPS) is 26.2. The lowest BCUT2D eigenvalue weighted by molar-refractivity contribution is 0.0883. The third-order valence-corrected chi connectivity index (χ3v) is 3.31. The van der Waals surface area contributed by atoms with Gasteiger partial charge in [-0.15, -0.1) is 0 Å². The molecular formula is C11H21NO3. The number of hydrogen-bond acceptors (Lipinski definition) is 3. The summed E-state index contributed by atoms with van der Waals surface area (Å²) in [5, 5.41) is 9.30. The minimum atomic E-state index is -0.528. The zero-order valence-corrected chi connectivity index (χ0v) is 9.82. The lowest BCUT2D eigenvalue weighted by Gasteiger charge is -2.32. The molecule has 1 heterocycles. The summed E-state index contributed by atoms with van der Waals surface area (Å²) < 4.78 is 4.99. The van der Waals surface area contributed by atoms with Gasteiger partial charge >= 0.3 is 6.09 Å². The molecule has 1 fully saturated rings. The molecule has 0 aromatic heterocycles. The number of carbonyl (C=O) groups excluding carboxylic acids is 1. The van der Waals surface area contributed by atoms with E-state index in [1.165, 1.54) is 0 Å². The van der Waals surface area contributed by atoms with Crippen LogP contribution in [0.15, 0.2) is 0 Å². The highest BCUT2D eigenvalue weighted by molar-refractivity contribution is 5.71. The van der Waals surface area contributed by atoms with E-state index < -0.39 is 5.54 Å².